The third-order valence-electron chi connectivity index (χ3n) is 6.22. The van der Waals surface area contributed by atoms with E-state index in [-0.39, 0.29) is 6.54 Å². The van der Waals surface area contributed by atoms with Gasteiger partial charge >= 0.3 is 0 Å². The number of fused-ring (bicyclic) bond motifs is 1. The lowest BCUT2D eigenvalue weighted by molar-refractivity contribution is 0.427. The second-order valence-electron chi connectivity index (χ2n) is 8.38. The number of aromatic nitrogens is 6. The Bertz CT molecular complexity index is 1240. The predicted octanol–water partition coefficient (Wildman–Crippen LogP) is 2.80. The van der Waals surface area contributed by atoms with Crippen LogP contribution in [0.3, 0.4) is 0 Å². The first kappa shape index (κ1) is 18.4. The molecule has 4 aromatic rings. The number of nitrogens with one attached hydrogen (secondary N) is 2. The average molecular weight is 418 g/mol. The second kappa shape index (κ2) is 7.12. The SMILES string of the molecule is FCCn1cc(-c2cc3c(-c4cccc(N5CCNC6(CC6)C5)n4)n[nH]c3cn2)cn1. The standard InChI is InChI=1S/C22H23FN8/c23-6-8-31-13-15(11-26-31)18-10-16-19(12-24-18)28-29-21(16)17-2-1-3-20(27-17)30-9-7-25-22(14-30)4-5-22/h1-3,10-13,25H,4-9,14H2,(H,28,29). The molecule has 2 N–H and O–H groups in total. The monoisotopic (exact) mass is 418 g/mol. The molecule has 2 fully saturated rings. The largest absolute Gasteiger partial charge is 0.353 e. The molecule has 6 rings (SSSR count). The normalized spacial score (nSPS) is 17.5. The van der Waals surface area contributed by atoms with Gasteiger partial charge in [-0.05, 0) is 31.0 Å². The molecule has 0 radical (unpaired) electrons. The van der Waals surface area contributed by atoms with Gasteiger partial charge < -0.3 is 10.2 Å². The second-order valence-corrected chi connectivity index (χ2v) is 8.38. The molecule has 0 unspecified atom stereocenters. The Balaban J connectivity index is 1.35. The Morgan fingerprint density at radius 2 is 2.10 bits per heavy atom. The van der Waals surface area contributed by atoms with Gasteiger partial charge in [0.05, 0.1) is 35.8 Å². The van der Waals surface area contributed by atoms with Crippen LogP contribution in [0.5, 0.6) is 0 Å². The van der Waals surface area contributed by atoms with E-state index in [0.717, 1.165) is 59.0 Å². The number of H-pyrrole nitrogens is 1. The summed E-state index contributed by atoms with van der Waals surface area (Å²) in [5, 5.41) is 16.4. The van der Waals surface area contributed by atoms with Crippen molar-refractivity contribution in [2.24, 2.45) is 0 Å². The number of hydrogen-bond donors (Lipinski definition) is 2. The Hall–Kier alpha value is -3.33. The number of hydrogen-bond acceptors (Lipinski definition) is 6. The van der Waals surface area contributed by atoms with Gasteiger partial charge in [-0.1, -0.05) is 6.07 Å². The molecule has 1 saturated carbocycles. The number of anilines is 1. The van der Waals surface area contributed by atoms with E-state index in [1.54, 1.807) is 17.1 Å². The Labute approximate surface area is 178 Å². The van der Waals surface area contributed by atoms with E-state index in [2.05, 4.69) is 36.6 Å². The van der Waals surface area contributed by atoms with Gasteiger partial charge in [0, 0.05) is 42.3 Å². The van der Waals surface area contributed by atoms with Gasteiger partial charge in [0.25, 0.3) is 0 Å². The molecule has 0 amide bonds. The van der Waals surface area contributed by atoms with Crippen molar-refractivity contribution in [1.82, 2.24) is 35.3 Å². The van der Waals surface area contributed by atoms with Crippen LogP contribution in [-0.4, -0.2) is 61.8 Å². The van der Waals surface area contributed by atoms with Crippen molar-refractivity contribution in [1.29, 1.82) is 0 Å². The highest BCUT2D eigenvalue weighted by Crippen LogP contribution is 2.38. The molecule has 9 heteroatoms. The van der Waals surface area contributed by atoms with Crippen molar-refractivity contribution in [3.63, 3.8) is 0 Å². The highest BCUT2D eigenvalue weighted by atomic mass is 19.1. The summed E-state index contributed by atoms with van der Waals surface area (Å²) in [7, 11) is 0. The summed E-state index contributed by atoms with van der Waals surface area (Å²) in [6.45, 7) is 2.74. The summed E-state index contributed by atoms with van der Waals surface area (Å²) >= 11 is 0. The lowest BCUT2D eigenvalue weighted by Gasteiger charge is -2.35. The van der Waals surface area contributed by atoms with Crippen LogP contribution in [0.2, 0.25) is 0 Å². The predicted molar refractivity (Wildman–Crippen MR) is 116 cm³/mol. The Kier molecular flexibility index (Phi) is 4.24. The van der Waals surface area contributed by atoms with Gasteiger partial charge in [-0.2, -0.15) is 10.2 Å². The lowest BCUT2D eigenvalue weighted by atomic mass is 10.1. The average Bonchev–Trinajstić information content (AvgIpc) is 3.21. The van der Waals surface area contributed by atoms with E-state index in [1.165, 1.54) is 12.8 Å². The fraction of sp³-hybridized carbons (Fsp3) is 0.364. The molecule has 0 aromatic carbocycles. The van der Waals surface area contributed by atoms with E-state index in [0.29, 0.717) is 5.54 Å². The molecule has 0 bridgehead atoms. The van der Waals surface area contributed by atoms with Crippen LogP contribution in [0.25, 0.3) is 33.5 Å². The van der Waals surface area contributed by atoms with Crippen LogP contribution in [0, 0.1) is 0 Å². The van der Waals surface area contributed by atoms with Crippen molar-refractivity contribution < 1.29 is 4.39 Å². The van der Waals surface area contributed by atoms with Crippen molar-refractivity contribution >= 4 is 16.7 Å². The van der Waals surface area contributed by atoms with Crippen LogP contribution >= 0.6 is 0 Å². The zero-order valence-electron chi connectivity index (χ0n) is 17.1. The first-order valence-electron chi connectivity index (χ1n) is 10.6. The molecule has 1 spiro atoms. The highest BCUT2D eigenvalue weighted by molar-refractivity contribution is 5.93. The number of piperazine rings is 1. The molecule has 1 saturated heterocycles. The topological polar surface area (TPSA) is 87.5 Å². The molecule has 8 nitrogen and oxygen atoms in total. The maximum Gasteiger partial charge on any atom is 0.129 e. The van der Waals surface area contributed by atoms with Gasteiger partial charge in [-0.3, -0.25) is 14.8 Å². The van der Waals surface area contributed by atoms with Crippen LogP contribution in [0.1, 0.15) is 12.8 Å². The maximum absolute atomic E-state index is 12.6. The minimum Gasteiger partial charge on any atom is -0.353 e. The van der Waals surface area contributed by atoms with Gasteiger partial charge in [0.15, 0.2) is 0 Å². The molecule has 0 atom stereocenters. The lowest BCUT2D eigenvalue weighted by Crippen LogP contribution is -2.52. The minimum absolute atomic E-state index is 0.239. The van der Waals surface area contributed by atoms with Crippen LogP contribution in [0.4, 0.5) is 10.2 Å². The number of alkyl halides is 1. The van der Waals surface area contributed by atoms with Crippen molar-refractivity contribution in [3.8, 4) is 22.6 Å². The molecule has 1 aliphatic heterocycles. The molecule has 5 heterocycles. The molecular weight excluding hydrogens is 395 g/mol. The summed E-state index contributed by atoms with van der Waals surface area (Å²) in [5.41, 5.74) is 4.39. The number of aromatic amines is 1. The van der Waals surface area contributed by atoms with E-state index >= 15 is 0 Å². The zero-order valence-corrected chi connectivity index (χ0v) is 17.1. The quantitative estimate of drug-likeness (QED) is 0.518. The van der Waals surface area contributed by atoms with Crippen LogP contribution < -0.4 is 10.2 Å². The first-order chi connectivity index (χ1) is 15.2. The van der Waals surface area contributed by atoms with E-state index in [9.17, 15) is 4.39 Å². The highest BCUT2D eigenvalue weighted by Gasteiger charge is 2.45. The molecular formula is C22H23FN8. The third kappa shape index (κ3) is 3.34. The van der Waals surface area contributed by atoms with E-state index < -0.39 is 6.67 Å². The first-order valence-corrected chi connectivity index (χ1v) is 10.6. The summed E-state index contributed by atoms with van der Waals surface area (Å²) in [5.74, 6) is 0.989. The minimum atomic E-state index is -0.449. The number of rotatable bonds is 5. The summed E-state index contributed by atoms with van der Waals surface area (Å²) < 4.78 is 14.2. The Morgan fingerprint density at radius 1 is 1.16 bits per heavy atom. The summed E-state index contributed by atoms with van der Waals surface area (Å²) in [6, 6.07) is 8.10. The Morgan fingerprint density at radius 3 is 2.97 bits per heavy atom. The van der Waals surface area contributed by atoms with E-state index in [4.69, 9.17) is 4.98 Å². The maximum atomic E-state index is 12.6. The number of halogens is 1. The molecule has 4 aromatic heterocycles. The van der Waals surface area contributed by atoms with Crippen LogP contribution in [0.15, 0.2) is 42.9 Å². The smallest absolute Gasteiger partial charge is 0.129 e. The molecule has 31 heavy (non-hydrogen) atoms. The van der Waals surface area contributed by atoms with Gasteiger partial charge in [0.1, 0.15) is 18.2 Å². The number of nitrogens with zero attached hydrogens (tertiary/aromatic N) is 6. The molecule has 1 aliphatic carbocycles. The van der Waals surface area contributed by atoms with Crippen molar-refractivity contribution in [3.05, 3.63) is 42.9 Å². The number of aryl methyl sites for hydroxylation is 1. The summed E-state index contributed by atoms with van der Waals surface area (Å²) in [6.07, 6.45) is 7.77. The molecule has 158 valence electrons. The van der Waals surface area contributed by atoms with Gasteiger partial charge in [0.2, 0.25) is 0 Å². The van der Waals surface area contributed by atoms with Gasteiger partial charge in [-0.15, -0.1) is 0 Å². The zero-order chi connectivity index (χ0) is 20.8. The van der Waals surface area contributed by atoms with Crippen LogP contribution in [-0.2, 0) is 6.54 Å². The van der Waals surface area contributed by atoms with Crippen molar-refractivity contribution in [2.75, 3.05) is 31.2 Å². The summed E-state index contributed by atoms with van der Waals surface area (Å²) in [4.78, 5) is 11.8. The fourth-order valence-electron chi connectivity index (χ4n) is 4.34. The van der Waals surface area contributed by atoms with Crippen molar-refractivity contribution in [2.45, 2.75) is 24.9 Å². The fourth-order valence-corrected chi connectivity index (χ4v) is 4.34. The van der Waals surface area contributed by atoms with Gasteiger partial charge in [-0.25, -0.2) is 9.37 Å². The number of pyridine rings is 2. The molecule has 2 aliphatic rings. The third-order valence-corrected chi connectivity index (χ3v) is 6.22. The van der Waals surface area contributed by atoms with E-state index in [1.807, 2.05) is 24.4 Å².